The van der Waals surface area contributed by atoms with E-state index < -0.39 is 17.3 Å². The van der Waals surface area contributed by atoms with E-state index in [1.54, 1.807) is 6.20 Å². The van der Waals surface area contributed by atoms with Crippen molar-refractivity contribution in [1.29, 1.82) is 0 Å². The molecule has 4 nitrogen and oxygen atoms in total. The van der Waals surface area contributed by atoms with Gasteiger partial charge in [-0.15, -0.1) is 11.3 Å². The van der Waals surface area contributed by atoms with E-state index in [0.717, 1.165) is 21.0 Å². The molecular formula is C15H11NO3S. The van der Waals surface area contributed by atoms with E-state index in [-0.39, 0.29) is 6.42 Å². The summed E-state index contributed by atoms with van der Waals surface area (Å²) in [4.78, 5) is 28.6. The van der Waals surface area contributed by atoms with Crippen molar-refractivity contribution in [2.75, 3.05) is 0 Å². The van der Waals surface area contributed by atoms with Gasteiger partial charge in [0.05, 0.1) is 0 Å². The zero-order valence-electron chi connectivity index (χ0n) is 10.7. The molecule has 3 rings (SSSR count). The second-order valence-electron chi connectivity index (χ2n) is 4.61. The maximum atomic E-state index is 11.3. The average molecular weight is 285 g/mol. The Bertz CT molecular complexity index is 758. The number of allylic oxidation sites excluding steroid dienone is 2. The van der Waals surface area contributed by atoms with Crippen LogP contribution < -0.4 is 0 Å². The third-order valence-corrected chi connectivity index (χ3v) is 4.37. The summed E-state index contributed by atoms with van der Waals surface area (Å²) >= 11 is 1.45. The fraction of sp³-hybridized carbons (Fsp3) is 0.133. The van der Waals surface area contributed by atoms with Gasteiger partial charge in [-0.2, -0.15) is 0 Å². The molecule has 100 valence electrons. The molecule has 20 heavy (non-hydrogen) atoms. The first-order valence-electron chi connectivity index (χ1n) is 6.09. The number of Topliss-reactive ketones (excluding diaryl/α,β-unsaturated/α-hetero) is 2. The van der Waals surface area contributed by atoms with Crippen molar-refractivity contribution in [3.8, 4) is 10.4 Å². The van der Waals surface area contributed by atoms with Gasteiger partial charge in [0.25, 0.3) is 5.78 Å². The number of aryl methyl sites for hydroxylation is 1. The van der Waals surface area contributed by atoms with Gasteiger partial charge in [0, 0.05) is 33.6 Å². The van der Waals surface area contributed by atoms with Crippen LogP contribution in [0.25, 0.3) is 16.0 Å². The van der Waals surface area contributed by atoms with Crippen LogP contribution in [0, 0.1) is 6.92 Å². The summed E-state index contributed by atoms with van der Waals surface area (Å²) in [7, 11) is 0. The molecule has 5 heteroatoms. The van der Waals surface area contributed by atoms with Gasteiger partial charge in [-0.1, -0.05) is 0 Å². The number of nitrogens with zero attached hydrogens (tertiary/aromatic N) is 1. The van der Waals surface area contributed by atoms with Crippen LogP contribution in [0.2, 0.25) is 0 Å². The molecular weight excluding hydrogens is 274 g/mol. The number of aliphatic hydroxyl groups is 1. The number of rotatable bonds is 2. The van der Waals surface area contributed by atoms with Crippen molar-refractivity contribution in [1.82, 2.24) is 4.98 Å². The third-order valence-electron chi connectivity index (χ3n) is 3.18. The van der Waals surface area contributed by atoms with Gasteiger partial charge in [0.15, 0.2) is 5.76 Å². The van der Waals surface area contributed by atoms with Crippen molar-refractivity contribution in [2.24, 2.45) is 0 Å². The lowest BCUT2D eigenvalue weighted by atomic mass is 10.1. The summed E-state index contributed by atoms with van der Waals surface area (Å²) in [5, 5.41) is 9.71. The van der Waals surface area contributed by atoms with E-state index in [4.69, 9.17) is 0 Å². The Kier molecular flexibility index (Phi) is 2.99. The van der Waals surface area contributed by atoms with Crippen LogP contribution in [0.15, 0.2) is 36.2 Å². The number of ketones is 2. The van der Waals surface area contributed by atoms with Crippen LogP contribution in [-0.2, 0) is 9.59 Å². The maximum Gasteiger partial charge on any atom is 0.263 e. The highest BCUT2D eigenvalue weighted by molar-refractivity contribution is 7.16. The summed E-state index contributed by atoms with van der Waals surface area (Å²) in [6.45, 7) is 1.92. The van der Waals surface area contributed by atoms with Crippen LogP contribution in [-0.4, -0.2) is 21.7 Å². The summed E-state index contributed by atoms with van der Waals surface area (Å²) in [6, 6.07) is 7.62. The largest absolute Gasteiger partial charge is 0.504 e. The first kappa shape index (κ1) is 12.7. The second kappa shape index (κ2) is 4.68. The maximum absolute atomic E-state index is 11.3. The van der Waals surface area contributed by atoms with Crippen LogP contribution in [0.4, 0.5) is 0 Å². The van der Waals surface area contributed by atoms with Crippen molar-refractivity contribution in [2.45, 2.75) is 13.3 Å². The highest BCUT2D eigenvalue weighted by atomic mass is 32.1. The zero-order valence-corrected chi connectivity index (χ0v) is 11.5. The molecule has 0 aromatic carbocycles. The quantitative estimate of drug-likeness (QED) is 0.861. The zero-order chi connectivity index (χ0) is 14.3. The fourth-order valence-electron chi connectivity index (χ4n) is 2.15. The molecule has 2 aromatic heterocycles. The molecule has 0 bridgehead atoms. The van der Waals surface area contributed by atoms with E-state index in [2.05, 4.69) is 4.98 Å². The van der Waals surface area contributed by atoms with Gasteiger partial charge in [0.1, 0.15) is 0 Å². The summed E-state index contributed by atoms with van der Waals surface area (Å²) in [6.07, 6.45) is 1.73. The molecule has 1 N–H and O–H groups in total. The first-order valence-corrected chi connectivity index (χ1v) is 6.91. The summed E-state index contributed by atoms with van der Waals surface area (Å²) < 4.78 is 0. The van der Waals surface area contributed by atoms with Gasteiger partial charge in [-0.3, -0.25) is 14.6 Å². The van der Waals surface area contributed by atoms with Crippen molar-refractivity contribution in [3.63, 3.8) is 0 Å². The van der Waals surface area contributed by atoms with Gasteiger partial charge in [-0.25, -0.2) is 0 Å². The minimum Gasteiger partial charge on any atom is -0.504 e. The van der Waals surface area contributed by atoms with Crippen LogP contribution in [0.5, 0.6) is 0 Å². The molecule has 0 saturated carbocycles. The van der Waals surface area contributed by atoms with Crippen LogP contribution in [0.1, 0.15) is 17.0 Å². The van der Waals surface area contributed by atoms with E-state index in [1.807, 2.05) is 31.2 Å². The molecule has 0 atom stereocenters. The number of carbonyl (C=O) groups is 2. The monoisotopic (exact) mass is 285 g/mol. The Morgan fingerprint density at radius 3 is 2.60 bits per heavy atom. The Labute approximate surface area is 119 Å². The average Bonchev–Trinajstić information content (AvgIpc) is 3.00. The molecule has 0 fully saturated rings. The van der Waals surface area contributed by atoms with Gasteiger partial charge >= 0.3 is 0 Å². The predicted octanol–water partition coefficient (Wildman–Crippen LogP) is 2.93. The molecule has 0 amide bonds. The molecule has 2 aromatic rings. The van der Waals surface area contributed by atoms with Crippen molar-refractivity contribution < 1.29 is 14.7 Å². The highest BCUT2D eigenvalue weighted by Gasteiger charge is 2.32. The molecule has 0 unspecified atom stereocenters. The van der Waals surface area contributed by atoms with E-state index in [0.29, 0.717) is 5.57 Å². The fourth-order valence-corrected chi connectivity index (χ4v) is 3.20. The Balaban J connectivity index is 2.00. The predicted molar refractivity (Wildman–Crippen MR) is 76.5 cm³/mol. The topological polar surface area (TPSA) is 67.3 Å². The minimum absolute atomic E-state index is 0.0139. The molecule has 2 heterocycles. The van der Waals surface area contributed by atoms with Gasteiger partial charge in [-0.05, 0) is 36.8 Å². The Morgan fingerprint density at radius 2 is 1.95 bits per heavy atom. The molecule has 0 radical (unpaired) electrons. The normalized spacial score (nSPS) is 15.2. The Morgan fingerprint density at radius 1 is 1.20 bits per heavy atom. The molecule has 0 aliphatic heterocycles. The summed E-state index contributed by atoms with van der Waals surface area (Å²) in [5.41, 5.74) is 2.39. The van der Waals surface area contributed by atoms with Gasteiger partial charge in [0.2, 0.25) is 5.78 Å². The first-order chi connectivity index (χ1) is 9.56. The molecule has 1 aliphatic carbocycles. The summed E-state index contributed by atoms with van der Waals surface area (Å²) in [5.74, 6) is -1.74. The molecule has 1 aliphatic rings. The smallest absolute Gasteiger partial charge is 0.263 e. The molecule has 0 spiro atoms. The van der Waals surface area contributed by atoms with E-state index >= 15 is 0 Å². The lowest BCUT2D eigenvalue weighted by Crippen LogP contribution is -2.07. The number of aromatic nitrogens is 1. The van der Waals surface area contributed by atoms with E-state index in [1.165, 1.54) is 11.3 Å². The van der Waals surface area contributed by atoms with Gasteiger partial charge < -0.3 is 5.11 Å². The second-order valence-corrected chi connectivity index (χ2v) is 5.69. The molecule has 0 saturated heterocycles. The van der Waals surface area contributed by atoms with Crippen molar-refractivity contribution in [3.05, 3.63) is 46.8 Å². The lowest BCUT2D eigenvalue weighted by Gasteiger charge is -1.99. The number of thiophene rings is 1. The lowest BCUT2D eigenvalue weighted by molar-refractivity contribution is -0.134. The number of aliphatic hydroxyl groups excluding tert-OH is 1. The third kappa shape index (κ3) is 2.06. The van der Waals surface area contributed by atoms with Crippen LogP contribution >= 0.6 is 11.3 Å². The number of pyridine rings is 1. The number of hydrogen-bond acceptors (Lipinski definition) is 5. The minimum atomic E-state index is -0.783. The van der Waals surface area contributed by atoms with E-state index in [9.17, 15) is 14.7 Å². The van der Waals surface area contributed by atoms with Crippen molar-refractivity contribution >= 4 is 28.5 Å². The SMILES string of the molecule is Cc1cc(-c2ccc(C3=C(O)C(=O)C(=O)C3)s2)ccn1. The highest BCUT2D eigenvalue weighted by Crippen LogP contribution is 2.36. The number of hydrogen-bond donors (Lipinski definition) is 1. The van der Waals surface area contributed by atoms with Crippen LogP contribution in [0.3, 0.4) is 0 Å². The number of carbonyl (C=O) groups excluding carboxylic acids is 2. The Hall–Kier alpha value is -2.27. The standard InChI is InChI=1S/C15H11NO3S/c1-8-6-9(4-5-16-8)12-2-3-13(20-12)10-7-11(17)15(19)14(10)18/h2-6,18H,7H2,1H3.